The number of benzene rings is 1. The van der Waals surface area contributed by atoms with Crippen LogP contribution in [-0.2, 0) is 7.05 Å². The van der Waals surface area contributed by atoms with E-state index in [1.165, 1.54) is 0 Å². The number of unbranched alkanes of at least 4 members (excludes halogenated alkanes) is 1. The van der Waals surface area contributed by atoms with Gasteiger partial charge in [-0.05, 0) is 36.6 Å². The molecule has 26 heavy (non-hydrogen) atoms. The number of aryl methyl sites for hydroxylation is 2. The van der Waals surface area contributed by atoms with Crippen molar-refractivity contribution in [2.75, 3.05) is 7.05 Å². The third-order valence-electron chi connectivity index (χ3n) is 5.25. The summed E-state index contributed by atoms with van der Waals surface area (Å²) < 4.78 is 2.02. The summed E-state index contributed by atoms with van der Waals surface area (Å²) in [4.78, 5) is 19.6. The largest absolute Gasteiger partial charge is 0.339 e. The smallest absolute Gasteiger partial charge is 0.271 e. The number of fused-ring (bicyclic) bond motifs is 1. The van der Waals surface area contributed by atoms with Gasteiger partial charge in [0, 0.05) is 37.4 Å². The second-order valence-corrected chi connectivity index (χ2v) is 6.91. The first kappa shape index (κ1) is 18.2. The Labute approximate surface area is 155 Å². The number of nitrogens with zero attached hydrogens (tertiary/aromatic N) is 3. The predicted molar refractivity (Wildman–Crippen MR) is 106 cm³/mol. The topological polar surface area (TPSA) is 38.1 Å². The molecule has 4 nitrogen and oxygen atoms in total. The number of hydrogen-bond donors (Lipinski definition) is 0. The molecular formula is C22H27N3O. The number of rotatable bonds is 6. The number of carbonyl (C=O) groups excluding carboxylic acids is 1. The number of para-hydroxylation sites is 1. The Bertz CT molecular complexity index is 859. The van der Waals surface area contributed by atoms with Gasteiger partial charge < -0.3 is 9.47 Å². The number of hydrogen-bond acceptors (Lipinski definition) is 2. The van der Waals surface area contributed by atoms with Gasteiger partial charge in [-0.2, -0.15) is 0 Å². The van der Waals surface area contributed by atoms with Crippen molar-refractivity contribution in [2.45, 2.75) is 39.2 Å². The fourth-order valence-corrected chi connectivity index (χ4v) is 3.75. The van der Waals surface area contributed by atoms with Crippen LogP contribution < -0.4 is 0 Å². The normalized spacial score (nSPS) is 12.3. The van der Waals surface area contributed by atoms with E-state index in [0.717, 1.165) is 47.0 Å². The van der Waals surface area contributed by atoms with E-state index < -0.39 is 0 Å². The fourth-order valence-electron chi connectivity index (χ4n) is 3.75. The van der Waals surface area contributed by atoms with Crippen molar-refractivity contribution in [3.63, 3.8) is 0 Å². The van der Waals surface area contributed by atoms with Crippen LogP contribution in [0.2, 0.25) is 0 Å². The fraction of sp³-hybridized carbons (Fsp3) is 0.364. The van der Waals surface area contributed by atoms with Crippen LogP contribution in [0.25, 0.3) is 10.9 Å². The van der Waals surface area contributed by atoms with E-state index in [4.69, 9.17) is 0 Å². The summed E-state index contributed by atoms with van der Waals surface area (Å²) in [5.74, 6) is 0.0613. The van der Waals surface area contributed by atoms with Gasteiger partial charge in [0.15, 0.2) is 0 Å². The minimum atomic E-state index is 0.0357. The summed E-state index contributed by atoms with van der Waals surface area (Å²) in [5.41, 5.74) is 3.99. The lowest BCUT2D eigenvalue weighted by Crippen LogP contribution is -2.33. The molecule has 0 unspecified atom stereocenters. The van der Waals surface area contributed by atoms with Crippen molar-refractivity contribution in [2.24, 2.45) is 7.05 Å². The van der Waals surface area contributed by atoms with E-state index in [2.05, 4.69) is 30.1 Å². The highest BCUT2D eigenvalue weighted by molar-refractivity contribution is 6.01. The van der Waals surface area contributed by atoms with E-state index in [0.29, 0.717) is 0 Å². The highest BCUT2D eigenvalue weighted by atomic mass is 16.2. The molecule has 0 radical (unpaired) electrons. The summed E-state index contributed by atoms with van der Waals surface area (Å²) in [7, 11) is 3.88. The van der Waals surface area contributed by atoms with E-state index in [1.54, 1.807) is 6.20 Å². The predicted octanol–water partition coefficient (Wildman–Crippen LogP) is 4.89. The molecule has 1 aromatic carbocycles. The van der Waals surface area contributed by atoms with Gasteiger partial charge in [0.2, 0.25) is 0 Å². The molecule has 0 N–H and O–H groups in total. The lowest BCUT2D eigenvalue weighted by atomic mass is 10.0. The van der Waals surface area contributed by atoms with Crippen LogP contribution >= 0.6 is 0 Å². The molecule has 0 saturated carbocycles. The molecule has 0 bridgehead atoms. The summed E-state index contributed by atoms with van der Waals surface area (Å²) >= 11 is 0. The zero-order valence-electron chi connectivity index (χ0n) is 16.1. The molecule has 3 aromatic rings. The average Bonchev–Trinajstić information content (AvgIpc) is 2.93. The molecule has 2 aromatic heterocycles. The Hall–Kier alpha value is -2.62. The maximum Gasteiger partial charge on any atom is 0.271 e. The van der Waals surface area contributed by atoms with Crippen LogP contribution in [-0.4, -0.2) is 27.4 Å². The highest BCUT2D eigenvalue weighted by Crippen LogP contribution is 2.30. The number of carbonyl (C=O) groups is 1. The van der Waals surface area contributed by atoms with Crippen LogP contribution in [0.4, 0.5) is 0 Å². The third kappa shape index (κ3) is 3.24. The Kier molecular flexibility index (Phi) is 5.40. The SMILES string of the molecule is CCCC[C@@H](c1cccnc1)N(C)C(=O)c1c(C)c2ccccc2n1C. The van der Waals surface area contributed by atoms with E-state index in [-0.39, 0.29) is 11.9 Å². The van der Waals surface area contributed by atoms with Crippen LogP contribution in [0.15, 0.2) is 48.8 Å². The maximum absolute atomic E-state index is 13.4. The van der Waals surface area contributed by atoms with E-state index in [9.17, 15) is 4.79 Å². The van der Waals surface area contributed by atoms with Crippen molar-refractivity contribution >= 4 is 16.8 Å². The van der Waals surface area contributed by atoms with Gasteiger partial charge in [0.25, 0.3) is 5.91 Å². The zero-order valence-corrected chi connectivity index (χ0v) is 16.1. The summed E-state index contributed by atoms with van der Waals surface area (Å²) in [5, 5.41) is 1.14. The molecule has 0 aliphatic rings. The molecule has 136 valence electrons. The Morgan fingerprint density at radius 2 is 2.00 bits per heavy atom. The molecule has 0 saturated heterocycles. The van der Waals surface area contributed by atoms with Gasteiger partial charge in [-0.3, -0.25) is 9.78 Å². The van der Waals surface area contributed by atoms with Crippen LogP contribution in [0, 0.1) is 6.92 Å². The molecule has 0 spiro atoms. The second-order valence-electron chi connectivity index (χ2n) is 6.91. The van der Waals surface area contributed by atoms with E-state index in [1.807, 2.05) is 54.9 Å². The van der Waals surface area contributed by atoms with Crippen molar-refractivity contribution in [3.8, 4) is 0 Å². The third-order valence-corrected chi connectivity index (χ3v) is 5.25. The van der Waals surface area contributed by atoms with Gasteiger partial charge in [-0.1, -0.05) is 44.0 Å². The second kappa shape index (κ2) is 7.73. The first-order valence-electron chi connectivity index (χ1n) is 9.27. The number of aromatic nitrogens is 2. The van der Waals surface area contributed by atoms with Crippen LogP contribution in [0.3, 0.4) is 0 Å². The van der Waals surface area contributed by atoms with Gasteiger partial charge in [0.05, 0.1) is 6.04 Å². The van der Waals surface area contributed by atoms with Crippen LogP contribution in [0.5, 0.6) is 0 Å². The monoisotopic (exact) mass is 349 g/mol. The first-order chi connectivity index (χ1) is 12.6. The summed E-state index contributed by atoms with van der Waals surface area (Å²) in [6.45, 7) is 4.21. The zero-order chi connectivity index (χ0) is 18.7. The molecular weight excluding hydrogens is 322 g/mol. The highest BCUT2D eigenvalue weighted by Gasteiger charge is 2.26. The van der Waals surface area contributed by atoms with Gasteiger partial charge in [-0.15, -0.1) is 0 Å². The molecule has 0 aliphatic carbocycles. The van der Waals surface area contributed by atoms with Crippen molar-refractivity contribution < 1.29 is 4.79 Å². The minimum absolute atomic E-state index is 0.0357. The average molecular weight is 349 g/mol. The standard InChI is InChI=1S/C22H27N3O/c1-5-6-12-19(17-10-9-14-23-15-17)25(4)22(26)21-16(2)18-11-7-8-13-20(18)24(21)3/h7-11,13-15,19H,5-6,12H2,1-4H3/t19-/m0/s1. The number of amides is 1. The summed E-state index contributed by atoms with van der Waals surface area (Å²) in [6.07, 6.45) is 6.76. The van der Waals surface area contributed by atoms with Crippen molar-refractivity contribution in [3.05, 3.63) is 65.6 Å². The van der Waals surface area contributed by atoms with Gasteiger partial charge in [0.1, 0.15) is 5.69 Å². The van der Waals surface area contributed by atoms with Gasteiger partial charge >= 0.3 is 0 Å². The van der Waals surface area contributed by atoms with E-state index >= 15 is 0 Å². The Morgan fingerprint density at radius 3 is 2.65 bits per heavy atom. The van der Waals surface area contributed by atoms with Crippen molar-refractivity contribution in [1.29, 1.82) is 0 Å². The molecule has 3 rings (SSSR count). The summed E-state index contributed by atoms with van der Waals surface area (Å²) in [6, 6.07) is 12.2. The minimum Gasteiger partial charge on any atom is -0.339 e. The first-order valence-corrected chi connectivity index (χ1v) is 9.27. The maximum atomic E-state index is 13.4. The van der Waals surface area contributed by atoms with Crippen LogP contribution in [0.1, 0.15) is 53.8 Å². The molecule has 4 heteroatoms. The lowest BCUT2D eigenvalue weighted by molar-refractivity contribution is 0.0710. The molecule has 2 heterocycles. The van der Waals surface area contributed by atoms with Crippen molar-refractivity contribution in [1.82, 2.24) is 14.5 Å². The number of pyridine rings is 1. The Balaban J connectivity index is 2.00. The molecule has 0 fully saturated rings. The van der Waals surface area contributed by atoms with Gasteiger partial charge in [-0.25, -0.2) is 0 Å². The quantitative estimate of drug-likeness (QED) is 0.636. The molecule has 0 aliphatic heterocycles. The Morgan fingerprint density at radius 1 is 1.23 bits per heavy atom. The lowest BCUT2D eigenvalue weighted by Gasteiger charge is -2.29. The molecule has 1 amide bonds. The molecule has 1 atom stereocenters.